The number of aromatic nitrogens is 1. The molecule has 1 aromatic carbocycles. The Morgan fingerprint density at radius 3 is 2.72 bits per heavy atom. The molecule has 0 spiro atoms. The lowest BCUT2D eigenvalue weighted by Crippen LogP contribution is -2.37. The molecule has 8 heteroatoms. The first-order valence-corrected chi connectivity index (χ1v) is 9.44. The summed E-state index contributed by atoms with van der Waals surface area (Å²) in [7, 11) is 3.43. The van der Waals surface area contributed by atoms with E-state index in [2.05, 4.69) is 26.7 Å². The number of nitrogens with one attached hydrogen (secondary N) is 2. The molecule has 1 heterocycles. The Balaban J connectivity index is 0.00000420. The second-order valence-electron chi connectivity index (χ2n) is 6.07. The lowest BCUT2D eigenvalue weighted by atomic mass is 10.2. The third-order valence-electron chi connectivity index (χ3n) is 3.88. The lowest BCUT2D eigenvalue weighted by molar-refractivity contribution is 0.0698. The Hall–Kier alpha value is -1.91. The minimum atomic E-state index is 0. The Bertz CT molecular complexity index is 701. The fourth-order valence-corrected chi connectivity index (χ4v) is 2.42. The van der Waals surface area contributed by atoms with Crippen molar-refractivity contribution in [1.29, 1.82) is 0 Å². The van der Waals surface area contributed by atoms with Gasteiger partial charge in [-0.25, -0.2) is 0 Å². The van der Waals surface area contributed by atoms with Gasteiger partial charge in [-0.2, -0.15) is 0 Å². The average Bonchev–Trinajstić information content (AvgIpc) is 2.75. The van der Waals surface area contributed by atoms with Gasteiger partial charge in [-0.15, -0.1) is 24.0 Å². The number of benzene rings is 1. The molecule has 2 aromatic rings. The van der Waals surface area contributed by atoms with E-state index in [9.17, 15) is 0 Å². The van der Waals surface area contributed by atoms with E-state index in [1.54, 1.807) is 20.4 Å². The smallest absolute Gasteiger partial charge is 0.191 e. The molecular weight excluding hydrogens is 483 g/mol. The predicted molar refractivity (Wildman–Crippen MR) is 126 cm³/mol. The largest absolute Gasteiger partial charge is 0.487 e. The Morgan fingerprint density at radius 2 is 1.97 bits per heavy atom. The van der Waals surface area contributed by atoms with E-state index in [1.165, 1.54) is 0 Å². The van der Waals surface area contributed by atoms with Crippen LogP contribution < -0.4 is 15.4 Å². The quantitative estimate of drug-likeness (QED) is 0.196. The fourth-order valence-electron chi connectivity index (χ4n) is 2.42. The zero-order valence-electron chi connectivity index (χ0n) is 17.1. The molecule has 7 nitrogen and oxygen atoms in total. The van der Waals surface area contributed by atoms with Crippen molar-refractivity contribution in [1.82, 2.24) is 15.6 Å². The summed E-state index contributed by atoms with van der Waals surface area (Å²) < 4.78 is 16.2. The first-order chi connectivity index (χ1) is 13.8. The van der Waals surface area contributed by atoms with Crippen LogP contribution in [0.5, 0.6) is 5.75 Å². The van der Waals surface area contributed by atoms with Gasteiger partial charge in [0.25, 0.3) is 0 Å². The number of pyridine rings is 1. The van der Waals surface area contributed by atoms with Gasteiger partial charge in [-0.1, -0.05) is 18.2 Å². The van der Waals surface area contributed by atoms with Crippen LogP contribution in [0.2, 0.25) is 0 Å². The summed E-state index contributed by atoms with van der Waals surface area (Å²) in [5.74, 6) is 1.58. The van der Waals surface area contributed by atoms with Crippen molar-refractivity contribution in [3.05, 3.63) is 59.9 Å². The molecule has 2 N–H and O–H groups in total. The molecule has 0 aliphatic rings. The van der Waals surface area contributed by atoms with Crippen LogP contribution in [0.15, 0.2) is 53.7 Å². The molecule has 160 valence electrons. The number of rotatable bonds is 12. The maximum absolute atomic E-state index is 5.83. The highest BCUT2D eigenvalue weighted by Gasteiger charge is 2.01. The van der Waals surface area contributed by atoms with Crippen molar-refractivity contribution in [2.24, 2.45) is 4.99 Å². The normalized spacial score (nSPS) is 10.9. The Labute approximate surface area is 190 Å². The first kappa shape index (κ1) is 25.1. The van der Waals surface area contributed by atoms with Crippen molar-refractivity contribution < 1.29 is 14.2 Å². The molecule has 0 saturated carbocycles. The van der Waals surface area contributed by atoms with E-state index in [-0.39, 0.29) is 24.0 Å². The highest BCUT2D eigenvalue weighted by atomic mass is 127. The van der Waals surface area contributed by atoms with Crippen LogP contribution in [0.4, 0.5) is 0 Å². The van der Waals surface area contributed by atoms with Gasteiger partial charge >= 0.3 is 0 Å². The van der Waals surface area contributed by atoms with Crippen molar-refractivity contribution in [2.75, 3.05) is 40.5 Å². The van der Waals surface area contributed by atoms with Crippen LogP contribution in [0.25, 0.3) is 0 Å². The Kier molecular flexibility index (Phi) is 13.8. The summed E-state index contributed by atoms with van der Waals surface area (Å²) in [4.78, 5) is 8.51. The standard InChI is InChI=1S/C21H30N4O3.HI/c1-22-21(24-11-6-12-27-14-13-26-2)25-16-18-7-5-9-20(15-18)28-17-19-8-3-4-10-23-19;/h3-5,7-10,15H,6,11-14,16-17H2,1-2H3,(H2,22,24,25);1H. The molecular formula is C21H31IN4O3. The molecule has 0 aliphatic heterocycles. The van der Waals surface area contributed by atoms with E-state index < -0.39 is 0 Å². The van der Waals surface area contributed by atoms with E-state index in [0.29, 0.717) is 33.0 Å². The maximum atomic E-state index is 5.83. The van der Waals surface area contributed by atoms with Crippen LogP contribution in [0.3, 0.4) is 0 Å². The molecule has 0 radical (unpaired) electrons. The van der Waals surface area contributed by atoms with Crippen molar-refractivity contribution in [3.63, 3.8) is 0 Å². The second-order valence-corrected chi connectivity index (χ2v) is 6.07. The lowest BCUT2D eigenvalue weighted by Gasteiger charge is -2.13. The monoisotopic (exact) mass is 514 g/mol. The molecule has 0 atom stereocenters. The number of halogens is 1. The van der Waals surface area contributed by atoms with Gasteiger partial charge in [-0.05, 0) is 36.2 Å². The Morgan fingerprint density at radius 1 is 1.07 bits per heavy atom. The molecule has 0 saturated heterocycles. The van der Waals surface area contributed by atoms with Crippen LogP contribution in [0.1, 0.15) is 17.7 Å². The third kappa shape index (κ3) is 11.0. The van der Waals surface area contributed by atoms with Crippen molar-refractivity contribution >= 4 is 29.9 Å². The summed E-state index contributed by atoms with van der Waals surface area (Å²) >= 11 is 0. The second kappa shape index (κ2) is 15.9. The number of methoxy groups -OCH3 is 1. The molecule has 1 aromatic heterocycles. The highest BCUT2D eigenvalue weighted by molar-refractivity contribution is 14.0. The summed E-state index contributed by atoms with van der Waals surface area (Å²) in [6.45, 7) is 3.85. The topological polar surface area (TPSA) is 77.0 Å². The number of guanidine groups is 1. The molecule has 29 heavy (non-hydrogen) atoms. The van der Waals surface area contributed by atoms with Gasteiger partial charge in [0.2, 0.25) is 0 Å². The van der Waals surface area contributed by atoms with Gasteiger partial charge in [0, 0.05) is 40.1 Å². The molecule has 0 fully saturated rings. The molecule has 0 amide bonds. The van der Waals surface area contributed by atoms with Gasteiger partial charge in [0.1, 0.15) is 12.4 Å². The third-order valence-corrected chi connectivity index (χ3v) is 3.88. The molecule has 0 aliphatic carbocycles. The fraction of sp³-hybridized carbons (Fsp3) is 0.429. The highest BCUT2D eigenvalue weighted by Crippen LogP contribution is 2.14. The van der Waals surface area contributed by atoms with Crippen molar-refractivity contribution in [3.8, 4) is 5.75 Å². The van der Waals surface area contributed by atoms with E-state index in [4.69, 9.17) is 14.2 Å². The van der Waals surface area contributed by atoms with Gasteiger partial charge in [-0.3, -0.25) is 9.98 Å². The summed E-state index contributed by atoms with van der Waals surface area (Å²) in [5, 5.41) is 6.59. The number of hydrogen-bond donors (Lipinski definition) is 2. The summed E-state index contributed by atoms with van der Waals surface area (Å²) in [5.41, 5.74) is 2.02. The zero-order chi connectivity index (χ0) is 19.9. The van der Waals surface area contributed by atoms with Crippen LogP contribution in [0, 0.1) is 0 Å². The van der Waals surface area contributed by atoms with Crippen LogP contribution in [-0.4, -0.2) is 51.5 Å². The predicted octanol–water partition coefficient (Wildman–Crippen LogP) is 3.00. The molecule has 0 bridgehead atoms. The summed E-state index contributed by atoms with van der Waals surface area (Å²) in [6, 6.07) is 13.8. The number of ether oxygens (including phenoxy) is 3. The SMILES string of the molecule is CN=C(NCCCOCCOC)NCc1cccc(OCc2ccccn2)c1.I. The average molecular weight is 514 g/mol. The number of hydrogen-bond acceptors (Lipinski definition) is 5. The van der Waals surface area contributed by atoms with E-state index >= 15 is 0 Å². The van der Waals surface area contributed by atoms with E-state index in [0.717, 1.165) is 35.9 Å². The van der Waals surface area contributed by atoms with Crippen LogP contribution in [-0.2, 0) is 22.6 Å². The van der Waals surface area contributed by atoms with Gasteiger partial charge in [0.15, 0.2) is 5.96 Å². The van der Waals surface area contributed by atoms with E-state index in [1.807, 2.05) is 36.4 Å². The molecule has 2 rings (SSSR count). The number of aliphatic imine (C=N–C) groups is 1. The zero-order valence-corrected chi connectivity index (χ0v) is 19.4. The minimum Gasteiger partial charge on any atom is -0.487 e. The number of nitrogens with zero attached hydrogens (tertiary/aromatic N) is 2. The molecule has 0 unspecified atom stereocenters. The summed E-state index contributed by atoms with van der Waals surface area (Å²) in [6.07, 6.45) is 2.67. The first-order valence-electron chi connectivity index (χ1n) is 9.44. The van der Waals surface area contributed by atoms with Crippen LogP contribution >= 0.6 is 24.0 Å². The maximum Gasteiger partial charge on any atom is 0.191 e. The van der Waals surface area contributed by atoms with Gasteiger partial charge < -0.3 is 24.8 Å². The van der Waals surface area contributed by atoms with Gasteiger partial charge in [0.05, 0.1) is 18.9 Å². The minimum absolute atomic E-state index is 0. The van der Waals surface area contributed by atoms with Crippen molar-refractivity contribution in [2.45, 2.75) is 19.6 Å².